The molecule has 0 saturated heterocycles. The highest BCUT2D eigenvalue weighted by atomic mass is 35.5. The predicted molar refractivity (Wildman–Crippen MR) is 110 cm³/mol. The first-order chi connectivity index (χ1) is 12.4. The molecule has 0 unspecified atom stereocenters. The minimum atomic E-state index is 0.138. The quantitative estimate of drug-likeness (QED) is 0.201. The maximum atomic E-state index is 6.20. The normalized spacial score (nSPS) is 11.0. The summed E-state index contributed by atoms with van der Waals surface area (Å²) in [5.41, 5.74) is 0. The average molecular weight is 443 g/mol. The molecule has 0 aliphatic rings. The summed E-state index contributed by atoms with van der Waals surface area (Å²) in [5, 5.41) is 4.67. The summed E-state index contributed by atoms with van der Waals surface area (Å²) in [6.07, 6.45) is 5.89. The molecule has 0 heterocycles. The SMILES string of the molecule is CC(C)CON=CCCCCOc1c(Cl)cc(OCC=C(Cl)Cl)cc1Cl. The van der Waals surface area contributed by atoms with Gasteiger partial charge in [-0.3, -0.25) is 0 Å². The molecule has 1 aromatic rings. The average Bonchev–Trinajstić information content (AvgIpc) is 2.54. The Morgan fingerprint density at radius 3 is 2.42 bits per heavy atom. The van der Waals surface area contributed by atoms with Crippen molar-refractivity contribution in [3.8, 4) is 11.5 Å². The predicted octanol–water partition coefficient (Wildman–Crippen LogP) is 6.90. The lowest BCUT2D eigenvalue weighted by Crippen LogP contribution is -2.00. The van der Waals surface area contributed by atoms with Gasteiger partial charge in [-0.2, -0.15) is 0 Å². The van der Waals surface area contributed by atoms with Gasteiger partial charge in [-0.05, 0) is 31.3 Å². The number of hydrogen-bond acceptors (Lipinski definition) is 4. The second kappa shape index (κ2) is 13.4. The van der Waals surface area contributed by atoms with E-state index in [1.165, 1.54) is 6.08 Å². The van der Waals surface area contributed by atoms with E-state index in [0.29, 0.717) is 40.7 Å². The van der Waals surface area contributed by atoms with Crippen LogP contribution in [-0.4, -0.2) is 26.0 Å². The van der Waals surface area contributed by atoms with Gasteiger partial charge in [0.2, 0.25) is 0 Å². The van der Waals surface area contributed by atoms with Crippen LogP contribution in [0.2, 0.25) is 10.0 Å². The molecular weight excluding hydrogens is 420 g/mol. The van der Waals surface area contributed by atoms with Gasteiger partial charge in [0.25, 0.3) is 0 Å². The molecular formula is C18H23Cl4NO3. The zero-order valence-corrected chi connectivity index (χ0v) is 17.8. The largest absolute Gasteiger partial charge is 0.490 e. The molecule has 0 atom stereocenters. The standard InChI is InChI=1S/C18H23Cl4NO3/c1-13(2)12-26-23-7-4-3-5-8-25-18-15(19)10-14(11-16(18)20)24-9-6-17(21)22/h6-7,10-11,13H,3-5,8-9,12H2,1-2H3. The van der Waals surface area contributed by atoms with Crippen LogP contribution < -0.4 is 9.47 Å². The van der Waals surface area contributed by atoms with Gasteiger partial charge >= 0.3 is 0 Å². The van der Waals surface area contributed by atoms with Crippen molar-refractivity contribution in [2.24, 2.45) is 11.1 Å². The number of rotatable bonds is 12. The number of benzene rings is 1. The van der Waals surface area contributed by atoms with E-state index in [1.807, 2.05) is 0 Å². The number of ether oxygens (including phenoxy) is 2. The van der Waals surface area contributed by atoms with Crippen molar-refractivity contribution in [2.75, 3.05) is 19.8 Å². The summed E-state index contributed by atoms with van der Waals surface area (Å²) in [4.78, 5) is 5.13. The van der Waals surface area contributed by atoms with Crippen molar-refractivity contribution >= 4 is 52.6 Å². The van der Waals surface area contributed by atoms with Crippen LogP contribution in [0.5, 0.6) is 11.5 Å². The summed E-state index contributed by atoms with van der Waals surface area (Å²) in [7, 11) is 0. The van der Waals surface area contributed by atoms with E-state index in [-0.39, 0.29) is 11.1 Å². The fraction of sp³-hybridized carbons (Fsp3) is 0.500. The molecule has 0 amide bonds. The van der Waals surface area contributed by atoms with Crippen molar-refractivity contribution in [1.82, 2.24) is 0 Å². The fourth-order valence-electron chi connectivity index (χ4n) is 1.77. The Labute approximate surface area is 175 Å². The third-order valence-corrected chi connectivity index (χ3v) is 3.86. The Morgan fingerprint density at radius 1 is 1.12 bits per heavy atom. The Hall–Kier alpha value is -0.810. The van der Waals surface area contributed by atoms with Crippen LogP contribution in [-0.2, 0) is 4.84 Å². The van der Waals surface area contributed by atoms with Crippen LogP contribution >= 0.6 is 46.4 Å². The molecule has 8 heteroatoms. The van der Waals surface area contributed by atoms with Crippen LogP contribution in [0.4, 0.5) is 0 Å². The highest BCUT2D eigenvalue weighted by molar-refractivity contribution is 6.55. The monoisotopic (exact) mass is 441 g/mol. The number of oxime groups is 1. The topological polar surface area (TPSA) is 40.0 Å². The molecule has 0 saturated carbocycles. The minimum absolute atomic E-state index is 0.138. The van der Waals surface area contributed by atoms with Gasteiger partial charge < -0.3 is 14.3 Å². The smallest absolute Gasteiger partial charge is 0.156 e. The van der Waals surface area contributed by atoms with Gasteiger partial charge in [-0.1, -0.05) is 65.4 Å². The summed E-state index contributed by atoms with van der Waals surface area (Å²) < 4.78 is 11.3. The third kappa shape index (κ3) is 10.4. The molecule has 0 radical (unpaired) electrons. The first-order valence-corrected chi connectivity index (χ1v) is 9.81. The van der Waals surface area contributed by atoms with Gasteiger partial charge in [0, 0.05) is 18.3 Å². The molecule has 0 aliphatic carbocycles. The van der Waals surface area contributed by atoms with Crippen molar-refractivity contribution in [3.05, 3.63) is 32.7 Å². The molecule has 26 heavy (non-hydrogen) atoms. The fourth-order valence-corrected chi connectivity index (χ4v) is 2.47. The molecule has 0 aromatic heterocycles. The zero-order chi connectivity index (χ0) is 19.4. The summed E-state index contributed by atoms with van der Waals surface area (Å²) in [6, 6.07) is 3.27. The second-order valence-electron chi connectivity index (χ2n) is 5.84. The van der Waals surface area contributed by atoms with Crippen LogP contribution in [0.1, 0.15) is 33.1 Å². The van der Waals surface area contributed by atoms with E-state index in [9.17, 15) is 0 Å². The van der Waals surface area contributed by atoms with Gasteiger partial charge in [0.1, 0.15) is 23.5 Å². The van der Waals surface area contributed by atoms with E-state index in [4.69, 9.17) is 60.7 Å². The Bertz CT molecular complexity index is 579. The van der Waals surface area contributed by atoms with Crippen LogP contribution in [0, 0.1) is 5.92 Å². The first-order valence-electron chi connectivity index (χ1n) is 8.29. The first kappa shape index (κ1) is 23.2. The number of hydrogen-bond donors (Lipinski definition) is 0. The molecule has 0 spiro atoms. The minimum Gasteiger partial charge on any atom is -0.490 e. The summed E-state index contributed by atoms with van der Waals surface area (Å²) in [6.45, 7) is 5.51. The molecule has 1 rings (SSSR count). The molecule has 0 aliphatic heterocycles. The van der Waals surface area contributed by atoms with Crippen LogP contribution in [0.3, 0.4) is 0 Å². The molecule has 0 N–H and O–H groups in total. The number of unbranched alkanes of at least 4 members (excludes halogenated alkanes) is 2. The van der Waals surface area contributed by atoms with Gasteiger partial charge in [0.05, 0.1) is 16.7 Å². The van der Waals surface area contributed by atoms with E-state index in [2.05, 4.69) is 19.0 Å². The molecule has 0 bridgehead atoms. The maximum absolute atomic E-state index is 6.20. The van der Waals surface area contributed by atoms with Crippen LogP contribution in [0.15, 0.2) is 27.9 Å². The summed E-state index contributed by atoms with van der Waals surface area (Å²) >= 11 is 23.5. The lowest BCUT2D eigenvalue weighted by atomic mass is 10.2. The Kier molecular flexibility index (Phi) is 11.9. The van der Waals surface area contributed by atoms with Gasteiger partial charge in [-0.25, -0.2) is 0 Å². The van der Waals surface area contributed by atoms with E-state index in [1.54, 1.807) is 18.3 Å². The van der Waals surface area contributed by atoms with Crippen molar-refractivity contribution in [3.63, 3.8) is 0 Å². The van der Waals surface area contributed by atoms with Crippen molar-refractivity contribution < 1.29 is 14.3 Å². The van der Waals surface area contributed by atoms with E-state index >= 15 is 0 Å². The Morgan fingerprint density at radius 2 is 1.81 bits per heavy atom. The second-order valence-corrected chi connectivity index (χ2v) is 7.66. The van der Waals surface area contributed by atoms with Crippen molar-refractivity contribution in [1.29, 1.82) is 0 Å². The Balaban J connectivity index is 2.33. The molecule has 0 fully saturated rings. The third-order valence-electron chi connectivity index (χ3n) is 2.99. The number of halogens is 4. The highest BCUT2D eigenvalue weighted by Crippen LogP contribution is 2.37. The van der Waals surface area contributed by atoms with E-state index in [0.717, 1.165) is 19.3 Å². The summed E-state index contributed by atoms with van der Waals surface area (Å²) in [5.74, 6) is 1.43. The highest BCUT2D eigenvalue weighted by Gasteiger charge is 2.10. The van der Waals surface area contributed by atoms with Crippen LogP contribution in [0.25, 0.3) is 0 Å². The maximum Gasteiger partial charge on any atom is 0.156 e. The van der Waals surface area contributed by atoms with Crippen molar-refractivity contribution in [2.45, 2.75) is 33.1 Å². The lowest BCUT2D eigenvalue weighted by molar-refractivity contribution is 0.119. The van der Waals surface area contributed by atoms with Gasteiger partial charge in [-0.15, -0.1) is 0 Å². The van der Waals surface area contributed by atoms with Gasteiger partial charge in [0.15, 0.2) is 5.75 Å². The zero-order valence-electron chi connectivity index (χ0n) is 14.8. The molecule has 4 nitrogen and oxygen atoms in total. The molecule has 146 valence electrons. The number of nitrogens with zero attached hydrogens (tertiary/aromatic N) is 1. The van der Waals surface area contributed by atoms with E-state index < -0.39 is 0 Å². The lowest BCUT2D eigenvalue weighted by Gasteiger charge is -2.12. The molecule has 1 aromatic carbocycles.